The molecular weight excluding hydrogens is 252 g/mol. The van der Waals surface area contributed by atoms with E-state index in [4.69, 9.17) is 9.47 Å². The smallest absolute Gasteiger partial charge is 0.221 e. The minimum absolute atomic E-state index is 0.444. The molecule has 0 amide bonds. The van der Waals surface area contributed by atoms with E-state index < -0.39 is 0 Å². The summed E-state index contributed by atoms with van der Waals surface area (Å²) in [6.07, 6.45) is 5.51. The van der Waals surface area contributed by atoms with Crippen LogP contribution in [0.5, 0.6) is 11.6 Å². The van der Waals surface area contributed by atoms with Crippen molar-refractivity contribution in [2.75, 3.05) is 20.3 Å². The number of pyridine rings is 1. The maximum absolute atomic E-state index is 5.92. The van der Waals surface area contributed by atoms with Gasteiger partial charge in [-0.3, -0.25) is 0 Å². The Kier molecular flexibility index (Phi) is 4.02. The van der Waals surface area contributed by atoms with Crippen LogP contribution in [0, 0.1) is 0 Å². The monoisotopic (exact) mass is 272 g/mol. The molecule has 0 bridgehead atoms. The molecule has 0 aliphatic carbocycles. The Hall–Kier alpha value is -1.81. The zero-order valence-corrected chi connectivity index (χ0v) is 11.8. The van der Waals surface area contributed by atoms with Crippen LogP contribution in [0.25, 0.3) is 10.8 Å². The van der Waals surface area contributed by atoms with Gasteiger partial charge in [0.05, 0.1) is 7.11 Å². The summed E-state index contributed by atoms with van der Waals surface area (Å²) in [6.45, 7) is 1.77. The standard InChI is InChI=1S/C16H20N2O2/c1-19-14-5-6-15-12(10-14)7-9-18-16(15)20-11-13-4-2-3-8-17-13/h5-7,9-10,13,17H,2-4,8,11H2,1H3. The van der Waals surface area contributed by atoms with Crippen LogP contribution in [0.4, 0.5) is 0 Å². The molecule has 1 fully saturated rings. The lowest BCUT2D eigenvalue weighted by Gasteiger charge is -2.23. The number of methoxy groups -OCH3 is 1. The van der Waals surface area contributed by atoms with Crippen LogP contribution in [0.15, 0.2) is 30.5 Å². The molecule has 0 saturated carbocycles. The molecule has 1 aromatic carbocycles. The topological polar surface area (TPSA) is 43.4 Å². The summed E-state index contributed by atoms with van der Waals surface area (Å²) in [6, 6.07) is 8.37. The van der Waals surface area contributed by atoms with Crippen molar-refractivity contribution < 1.29 is 9.47 Å². The normalized spacial score (nSPS) is 18.9. The molecule has 4 heteroatoms. The fourth-order valence-electron chi connectivity index (χ4n) is 2.62. The van der Waals surface area contributed by atoms with Gasteiger partial charge in [-0.1, -0.05) is 6.42 Å². The Morgan fingerprint density at radius 1 is 1.30 bits per heavy atom. The van der Waals surface area contributed by atoms with Crippen molar-refractivity contribution in [1.82, 2.24) is 10.3 Å². The van der Waals surface area contributed by atoms with Crippen molar-refractivity contribution in [3.05, 3.63) is 30.5 Å². The number of ether oxygens (including phenoxy) is 2. The maximum atomic E-state index is 5.92. The SMILES string of the molecule is COc1ccc2c(OCC3CCCCN3)nccc2c1. The number of nitrogens with one attached hydrogen (secondary N) is 1. The first-order valence-electron chi connectivity index (χ1n) is 7.16. The molecule has 1 aliphatic rings. The molecule has 0 spiro atoms. The first-order valence-corrected chi connectivity index (χ1v) is 7.16. The van der Waals surface area contributed by atoms with Crippen LogP contribution in [0.2, 0.25) is 0 Å². The van der Waals surface area contributed by atoms with Crippen LogP contribution < -0.4 is 14.8 Å². The van der Waals surface area contributed by atoms with Gasteiger partial charge >= 0.3 is 0 Å². The highest BCUT2D eigenvalue weighted by molar-refractivity contribution is 5.87. The predicted molar refractivity (Wildman–Crippen MR) is 79.4 cm³/mol. The third kappa shape index (κ3) is 2.85. The van der Waals surface area contributed by atoms with Gasteiger partial charge in [-0.15, -0.1) is 0 Å². The number of aromatic nitrogens is 1. The van der Waals surface area contributed by atoms with E-state index >= 15 is 0 Å². The van der Waals surface area contributed by atoms with E-state index in [1.54, 1.807) is 13.3 Å². The molecule has 2 heterocycles. The van der Waals surface area contributed by atoms with Crippen LogP contribution in [-0.4, -0.2) is 31.3 Å². The Balaban J connectivity index is 1.76. The Labute approximate surface area is 119 Å². The van der Waals surface area contributed by atoms with Crippen LogP contribution in [0.1, 0.15) is 19.3 Å². The number of benzene rings is 1. The molecular formula is C16H20N2O2. The van der Waals surface area contributed by atoms with Crippen molar-refractivity contribution in [3.8, 4) is 11.6 Å². The van der Waals surface area contributed by atoms with Crippen molar-refractivity contribution >= 4 is 10.8 Å². The Morgan fingerprint density at radius 3 is 3.05 bits per heavy atom. The second-order valence-corrected chi connectivity index (χ2v) is 5.16. The largest absolute Gasteiger partial charge is 0.497 e. The molecule has 1 aliphatic heterocycles. The van der Waals surface area contributed by atoms with Gasteiger partial charge in [0, 0.05) is 17.6 Å². The van der Waals surface area contributed by atoms with Gasteiger partial charge < -0.3 is 14.8 Å². The van der Waals surface area contributed by atoms with Gasteiger partial charge in [-0.2, -0.15) is 0 Å². The van der Waals surface area contributed by atoms with Gasteiger partial charge in [-0.05, 0) is 49.0 Å². The fraction of sp³-hybridized carbons (Fsp3) is 0.438. The highest BCUT2D eigenvalue weighted by atomic mass is 16.5. The molecule has 1 N–H and O–H groups in total. The lowest BCUT2D eigenvalue weighted by molar-refractivity contribution is 0.234. The minimum Gasteiger partial charge on any atom is -0.497 e. The molecule has 2 aromatic rings. The predicted octanol–water partition coefficient (Wildman–Crippen LogP) is 2.76. The van der Waals surface area contributed by atoms with Gasteiger partial charge in [-0.25, -0.2) is 4.98 Å². The van der Waals surface area contributed by atoms with Crippen LogP contribution in [0.3, 0.4) is 0 Å². The fourth-order valence-corrected chi connectivity index (χ4v) is 2.62. The van der Waals surface area contributed by atoms with Crippen LogP contribution >= 0.6 is 0 Å². The van der Waals surface area contributed by atoms with E-state index in [1.165, 1.54) is 19.3 Å². The summed E-state index contributed by atoms with van der Waals surface area (Å²) in [7, 11) is 1.68. The molecule has 1 atom stereocenters. The molecule has 106 valence electrons. The highest BCUT2D eigenvalue weighted by Crippen LogP contribution is 2.27. The van der Waals surface area contributed by atoms with E-state index in [2.05, 4.69) is 10.3 Å². The van der Waals surface area contributed by atoms with Gasteiger partial charge in [0.2, 0.25) is 5.88 Å². The second-order valence-electron chi connectivity index (χ2n) is 5.16. The third-order valence-corrected chi connectivity index (χ3v) is 3.77. The van der Waals surface area contributed by atoms with Crippen LogP contribution in [-0.2, 0) is 0 Å². The molecule has 4 nitrogen and oxygen atoms in total. The first kappa shape index (κ1) is 13.2. The highest BCUT2D eigenvalue weighted by Gasteiger charge is 2.14. The average molecular weight is 272 g/mol. The minimum atomic E-state index is 0.444. The van der Waals surface area contributed by atoms with Crippen molar-refractivity contribution in [2.45, 2.75) is 25.3 Å². The summed E-state index contributed by atoms with van der Waals surface area (Å²) in [4.78, 5) is 4.36. The molecule has 20 heavy (non-hydrogen) atoms. The summed E-state index contributed by atoms with van der Waals surface area (Å²) in [5.74, 6) is 1.56. The molecule has 0 radical (unpaired) electrons. The quantitative estimate of drug-likeness (QED) is 0.929. The molecule has 1 saturated heterocycles. The van der Waals surface area contributed by atoms with E-state index in [-0.39, 0.29) is 0 Å². The zero-order chi connectivity index (χ0) is 13.8. The summed E-state index contributed by atoms with van der Waals surface area (Å²) < 4.78 is 11.2. The van der Waals surface area contributed by atoms with Crippen molar-refractivity contribution in [3.63, 3.8) is 0 Å². The van der Waals surface area contributed by atoms with E-state index in [9.17, 15) is 0 Å². The number of hydrogen-bond donors (Lipinski definition) is 1. The Morgan fingerprint density at radius 2 is 2.25 bits per heavy atom. The lowest BCUT2D eigenvalue weighted by Crippen LogP contribution is -2.38. The lowest BCUT2D eigenvalue weighted by atomic mass is 10.1. The number of fused-ring (bicyclic) bond motifs is 1. The molecule has 1 aromatic heterocycles. The number of piperidine rings is 1. The van der Waals surface area contributed by atoms with E-state index in [1.807, 2.05) is 24.3 Å². The zero-order valence-electron chi connectivity index (χ0n) is 11.8. The number of hydrogen-bond acceptors (Lipinski definition) is 4. The maximum Gasteiger partial charge on any atom is 0.221 e. The summed E-state index contributed by atoms with van der Waals surface area (Å²) in [5.41, 5.74) is 0. The number of rotatable bonds is 4. The van der Waals surface area contributed by atoms with Gasteiger partial charge in [0.1, 0.15) is 12.4 Å². The van der Waals surface area contributed by atoms with E-state index in [0.717, 1.165) is 23.1 Å². The summed E-state index contributed by atoms with van der Waals surface area (Å²) >= 11 is 0. The Bertz CT molecular complexity index is 580. The average Bonchev–Trinajstić information content (AvgIpc) is 2.53. The summed E-state index contributed by atoms with van der Waals surface area (Å²) in [5, 5.41) is 5.60. The molecule has 3 rings (SSSR count). The van der Waals surface area contributed by atoms with Crippen molar-refractivity contribution in [2.24, 2.45) is 0 Å². The van der Waals surface area contributed by atoms with E-state index in [0.29, 0.717) is 18.5 Å². The first-order chi connectivity index (χ1) is 9.86. The van der Waals surface area contributed by atoms with Crippen molar-refractivity contribution in [1.29, 1.82) is 0 Å². The molecule has 1 unspecified atom stereocenters. The second kappa shape index (κ2) is 6.09. The van der Waals surface area contributed by atoms with Gasteiger partial charge in [0.25, 0.3) is 0 Å². The third-order valence-electron chi connectivity index (χ3n) is 3.77. The van der Waals surface area contributed by atoms with Gasteiger partial charge in [0.15, 0.2) is 0 Å². The number of nitrogens with zero attached hydrogens (tertiary/aromatic N) is 1.